The van der Waals surface area contributed by atoms with Gasteiger partial charge >= 0.3 is 6.03 Å². The summed E-state index contributed by atoms with van der Waals surface area (Å²) in [5, 5.41) is 13.5. The van der Waals surface area contributed by atoms with Crippen molar-refractivity contribution in [1.29, 1.82) is 0 Å². The third-order valence-corrected chi connectivity index (χ3v) is 6.04. The van der Waals surface area contributed by atoms with E-state index in [-0.39, 0.29) is 17.8 Å². The lowest BCUT2D eigenvalue weighted by Crippen LogP contribution is -2.36. The van der Waals surface area contributed by atoms with Crippen molar-refractivity contribution >= 4 is 29.0 Å². The molecule has 0 spiro atoms. The maximum Gasteiger partial charge on any atom is 0.322 e. The molecule has 1 saturated heterocycles. The molecule has 2 N–H and O–H groups in total. The van der Waals surface area contributed by atoms with E-state index in [9.17, 15) is 9.90 Å². The quantitative estimate of drug-likeness (QED) is 0.658. The van der Waals surface area contributed by atoms with Gasteiger partial charge in [0, 0.05) is 31.4 Å². The van der Waals surface area contributed by atoms with Crippen LogP contribution in [0.4, 0.5) is 16.2 Å². The van der Waals surface area contributed by atoms with Gasteiger partial charge in [0.25, 0.3) is 0 Å². The number of nitrogens with one attached hydrogen (secondary N) is 1. The lowest BCUT2D eigenvalue weighted by Gasteiger charge is -2.30. The normalized spacial score (nSPS) is 16.3. The molecule has 1 aliphatic carbocycles. The van der Waals surface area contributed by atoms with Crippen LogP contribution in [0.15, 0.2) is 36.4 Å². The number of urea groups is 1. The number of hydrogen-bond acceptors (Lipinski definition) is 4. The van der Waals surface area contributed by atoms with Gasteiger partial charge in [-0.2, -0.15) is 0 Å². The summed E-state index contributed by atoms with van der Waals surface area (Å²) in [6.45, 7) is 2.50. The number of phenols is 1. The summed E-state index contributed by atoms with van der Waals surface area (Å²) in [4.78, 5) is 17.1. The highest BCUT2D eigenvalue weighted by Crippen LogP contribution is 2.33. The second-order valence-electron chi connectivity index (χ2n) is 8.01. The molecule has 2 fully saturated rings. The summed E-state index contributed by atoms with van der Waals surface area (Å²) in [6, 6.07) is 11.0. The van der Waals surface area contributed by atoms with Crippen LogP contribution in [0.25, 0.3) is 0 Å². The Labute approximate surface area is 182 Å². The van der Waals surface area contributed by atoms with Crippen LogP contribution >= 0.6 is 11.6 Å². The Morgan fingerprint density at radius 3 is 2.63 bits per heavy atom. The van der Waals surface area contributed by atoms with Gasteiger partial charge in [-0.25, -0.2) is 4.79 Å². The van der Waals surface area contributed by atoms with Crippen LogP contribution in [0.3, 0.4) is 0 Å². The molecule has 1 saturated carbocycles. The maximum absolute atomic E-state index is 13.0. The van der Waals surface area contributed by atoms with Crippen molar-refractivity contribution in [2.75, 3.05) is 30.4 Å². The predicted molar refractivity (Wildman–Crippen MR) is 120 cm³/mol. The first-order chi connectivity index (χ1) is 14.5. The molecule has 6 nitrogen and oxygen atoms in total. The number of piperidine rings is 1. The van der Waals surface area contributed by atoms with Crippen molar-refractivity contribution in [2.45, 2.75) is 44.7 Å². The van der Waals surface area contributed by atoms with Crippen LogP contribution in [0.1, 0.15) is 37.7 Å². The van der Waals surface area contributed by atoms with E-state index in [1.54, 1.807) is 12.1 Å². The lowest BCUT2D eigenvalue weighted by molar-refractivity contribution is 0.206. The third-order valence-electron chi connectivity index (χ3n) is 5.74. The van der Waals surface area contributed by atoms with Crippen LogP contribution < -0.4 is 15.0 Å². The molecular weight excluding hydrogens is 402 g/mol. The van der Waals surface area contributed by atoms with Crippen molar-refractivity contribution in [3.05, 3.63) is 47.0 Å². The van der Waals surface area contributed by atoms with E-state index in [4.69, 9.17) is 16.3 Å². The minimum absolute atomic E-state index is 0.0899. The Morgan fingerprint density at radius 1 is 1.20 bits per heavy atom. The number of anilines is 2. The summed E-state index contributed by atoms with van der Waals surface area (Å²) >= 11 is 6.53. The van der Waals surface area contributed by atoms with Crippen molar-refractivity contribution < 1.29 is 14.6 Å². The molecule has 0 radical (unpaired) electrons. The number of rotatable bonds is 6. The van der Waals surface area contributed by atoms with Crippen LogP contribution in [0.5, 0.6) is 11.5 Å². The molecule has 0 atom stereocenters. The lowest BCUT2D eigenvalue weighted by atomic mass is 10.1. The zero-order valence-electron chi connectivity index (χ0n) is 17.2. The number of aromatic hydroxyl groups is 1. The second kappa shape index (κ2) is 9.04. The molecule has 1 heterocycles. The Kier molecular flexibility index (Phi) is 6.23. The first-order valence-corrected chi connectivity index (χ1v) is 10.9. The van der Waals surface area contributed by atoms with E-state index in [0.29, 0.717) is 23.0 Å². The molecule has 4 rings (SSSR count). The van der Waals surface area contributed by atoms with E-state index in [2.05, 4.69) is 10.2 Å². The molecule has 30 heavy (non-hydrogen) atoms. The Balaban J connectivity index is 1.45. The minimum Gasteiger partial charge on any atom is -0.504 e. The summed E-state index contributed by atoms with van der Waals surface area (Å²) in [5.41, 5.74) is 2.63. The summed E-state index contributed by atoms with van der Waals surface area (Å²) in [7, 11) is 1.52. The van der Waals surface area contributed by atoms with Gasteiger partial charge in [-0.1, -0.05) is 17.7 Å². The smallest absolute Gasteiger partial charge is 0.322 e. The highest BCUT2D eigenvalue weighted by atomic mass is 35.5. The fraction of sp³-hybridized carbons (Fsp3) is 0.435. The first kappa shape index (κ1) is 20.7. The van der Waals surface area contributed by atoms with Crippen LogP contribution in [-0.2, 0) is 6.54 Å². The molecule has 1 aliphatic heterocycles. The number of phenolic OH excluding ortho intramolecular Hbond substituents is 1. The fourth-order valence-electron chi connectivity index (χ4n) is 3.94. The topological polar surface area (TPSA) is 65.0 Å². The maximum atomic E-state index is 13.0. The average molecular weight is 430 g/mol. The molecule has 7 heteroatoms. The molecular formula is C23H28ClN3O3. The second-order valence-corrected chi connectivity index (χ2v) is 8.42. The highest BCUT2D eigenvalue weighted by Gasteiger charge is 2.33. The van der Waals surface area contributed by atoms with Gasteiger partial charge in [0.2, 0.25) is 0 Å². The molecule has 2 aliphatic rings. The van der Waals surface area contributed by atoms with E-state index >= 15 is 0 Å². The van der Waals surface area contributed by atoms with Gasteiger partial charge in [-0.3, -0.25) is 0 Å². The van der Waals surface area contributed by atoms with Gasteiger partial charge in [-0.15, -0.1) is 0 Å². The number of methoxy groups -OCH3 is 1. The predicted octanol–water partition coefficient (Wildman–Crippen LogP) is 5.24. The van der Waals surface area contributed by atoms with Crippen molar-refractivity contribution in [3.8, 4) is 11.5 Å². The Morgan fingerprint density at radius 2 is 1.97 bits per heavy atom. The monoisotopic (exact) mass is 429 g/mol. The molecule has 160 valence electrons. The fourth-order valence-corrected chi connectivity index (χ4v) is 4.24. The number of nitrogens with zero attached hydrogens (tertiary/aromatic N) is 2. The van der Waals surface area contributed by atoms with E-state index in [0.717, 1.165) is 37.2 Å². The largest absolute Gasteiger partial charge is 0.504 e. The molecule has 2 aromatic rings. The molecule has 0 unspecified atom stereocenters. The average Bonchev–Trinajstić information content (AvgIpc) is 3.59. The van der Waals surface area contributed by atoms with E-state index in [1.165, 1.54) is 26.4 Å². The molecule has 0 aromatic heterocycles. The van der Waals surface area contributed by atoms with Crippen molar-refractivity contribution in [2.24, 2.45) is 0 Å². The number of carbonyl (C=O) groups is 1. The number of hydrogen-bond donors (Lipinski definition) is 2. The highest BCUT2D eigenvalue weighted by molar-refractivity contribution is 6.33. The van der Waals surface area contributed by atoms with Gasteiger partial charge in [-0.05, 0) is 68.0 Å². The summed E-state index contributed by atoms with van der Waals surface area (Å²) in [5.74, 6) is 0.496. The van der Waals surface area contributed by atoms with Gasteiger partial charge in [0.15, 0.2) is 11.5 Å². The standard InChI is InChI=1S/C23H28ClN3O3/c1-30-22-13-16(5-10-21(22)28)15-27(18-7-8-18)23(29)25-17-6-9-20(19(24)14-17)26-11-3-2-4-12-26/h5-6,9-10,13-14,18,28H,2-4,7-8,11-12,15H2,1H3,(H,25,29). The van der Waals surface area contributed by atoms with Gasteiger partial charge in [0.1, 0.15) is 0 Å². The van der Waals surface area contributed by atoms with Crippen LogP contribution in [0, 0.1) is 0 Å². The first-order valence-electron chi connectivity index (χ1n) is 10.5. The number of benzene rings is 2. The zero-order chi connectivity index (χ0) is 21.1. The van der Waals surface area contributed by atoms with Crippen LogP contribution in [0.2, 0.25) is 5.02 Å². The molecule has 0 bridgehead atoms. The summed E-state index contributed by atoms with van der Waals surface area (Å²) < 4.78 is 5.19. The van der Waals surface area contributed by atoms with E-state index < -0.39 is 0 Å². The zero-order valence-corrected chi connectivity index (χ0v) is 18.0. The molecule has 2 amide bonds. The van der Waals surface area contributed by atoms with Crippen molar-refractivity contribution in [3.63, 3.8) is 0 Å². The van der Waals surface area contributed by atoms with Gasteiger partial charge < -0.3 is 25.0 Å². The Hall–Kier alpha value is -2.60. The van der Waals surface area contributed by atoms with E-state index in [1.807, 2.05) is 29.2 Å². The third kappa shape index (κ3) is 4.75. The van der Waals surface area contributed by atoms with Gasteiger partial charge in [0.05, 0.1) is 17.8 Å². The minimum atomic E-state index is -0.147. The SMILES string of the molecule is COc1cc(CN(C(=O)Nc2ccc(N3CCCCC3)c(Cl)c2)C2CC2)ccc1O. The summed E-state index contributed by atoms with van der Waals surface area (Å²) in [6.07, 6.45) is 5.64. The number of carbonyl (C=O) groups excluding carboxylic acids is 1. The van der Waals surface area contributed by atoms with Crippen LogP contribution in [-0.4, -0.2) is 42.3 Å². The Bertz CT molecular complexity index is 911. The number of halogens is 1. The van der Waals surface area contributed by atoms with Crippen molar-refractivity contribution in [1.82, 2.24) is 4.90 Å². The molecule has 2 aromatic carbocycles. The number of ether oxygens (including phenoxy) is 1. The number of amides is 2.